The molecule has 4 rings (SSSR count). The van der Waals surface area contributed by atoms with Crippen LogP contribution in [0.5, 0.6) is 0 Å². The van der Waals surface area contributed by atoms with E-state index >= 15 is 0 Å². The maximum absolute atomic E-state index is 12.5. The Balaban J connectivity index is 1.47. The number of carbonyl (C=O) groups is 2. The lowest BCUT2D eigenvalue weighted by atomic mass is 10.1. The Morgan fingerprint density at radius 2 is 1.84 bits per heavy atom. The predicted octanol–water partition coefficient (Wildman–Crippen LogP) is 3.37. The molecule has 0 bridgehead atoms. The third-order valence-corrected chi connectivity index (χ3v) is 5.30. The van der Waals surface area contributed by atoms with Crippen molar-refractivity contribution in [2.45, 2.75) is 13.5 Å². The number of esters is 1. The van der Waals surface area contributed by atoms with Gasteiger partial charge in [0.2, 0.25) is 5.91 Å². The molecular weight excluding hydrogens is 402 g/mol. The molecule has 0 atom stereocenters. The number of rotatable bonds is 5. The maximum atomic E-state index is 12.5. The molecule has 0 radical (unpaired) electrons. The summed E-state index contributed by atoms with van der Waals surface area (Å²) in [6, 6.07) is 13.5. The Kier molecular flexibility index (Phi) is 5.57. The van der Waals surface area contributed by atoms with Crippen LogP contribution in [-0.2, 0) is 16.1 Å². The minimum Gasteiger partial charge on any atom is -0.457 e. The normalized spacial score (nSPS) is 14.0. The summed E-state index contributed by atoms with van der Waals surface area (Å²) >= 11 is 0. The smallest absolute Gasteiger partial charge is 0.338 e. The topological polar surface area (TPSA) is 106 Å². The summed E-state index contributed by atoms with van der Waals surface area (Å²) in [5, 5.41) is 12.5. The van der Waals surface area contributed by atoms with Crippen LogP contribution < -0.4 is 4.90 Å². The number of nitrogens with zero attached hydrogens (tertiary/aromatic N) is 3. The zero-order valence-electron chi connectivity index (χ0n) is 16.9. The maximum Gasteiger partial charge on any atom is 0.338 e. The van der Waals surface area contributed by atoms with Crippen LogP contribution in [0.2, 0.25) is 0 Å². The first-order valence-corrected chi connectivity index (χ1v) is 9.86. The van der Waals surface area contributed by atoms with Gasteiger partial charge in [-0.05, 0) is 24.3 Å². The molecule has 2 heterocycles. The molecule has 1 amide bonds. The van der Waals surface area contributed by atoms with E-state index in [4.69, 9.17) is 9.15 Å². The van der Waals surface area contributed by atoms with Crippen molar-refractivity contribution in [2.24, 2.45) is 0 Å². The van der Waals surface area contributed by atoms with Crippen LogP contribution in [0.15, 0.2) is 52.9 Å². The van der Waals surface area contributed by atoms with Crippen LogP contribution in [0, 0.1) is 10.1 Å². The fourth-order valence-corrected chi connectivity index (χ4v) is 3.65. The SMILES string of the molecule is CC(=O)N1CCN(c2ccc(C(=O)OCc3cc4ccccc4o3)cc2[N+](=O)[O-])CC1. The Labute approximate surface area is 177 Å². The summed E-state index contributed by atoms with van der Waals surface area (Å²) in [6.45, 7) is 3.38. The highest BCUT2D eigenvalue weighted by atomic mass is 16.6. The van der Waals surface area contributed by atoms with E-state index in [0.29, 0.717) is 43.2 Å². The summed E-state index contributed by atoms with van der Waals surface area (Å²) < 4.78 is 10.9. The van der Waals surface area contributed by atoms with E-state index in [9.17, 15) is 19.7 Å². The van der Waals surface area contributed by atoms with E-state index in [0.717, 1.165) is 5.39 Å². The number of ether oxygens (including phenoxy) is 1. The second-order valence-corrected chi connectivity index (χ2v) is 7.28. The van der Waals surface area contributed by atoms with Gasteiger partial charge in [-0.15, -0.1) is 0 Å². The first-order chi connectivity index (χ1) is 14.9. The molecule has 0 unspecified atom stereocenters. The summed E-state index contributed by atoms with van der Waals surface area (Å²) in [5.74, 6) is -0.197. The second-order valence-electron chi connectivity index (χ2n) is 7.28. The number of para-hydroxylation sites is 1. The molecule has 2 aromatic carbocycles. The van der Waals surface area contributed by atoms with Crippen molar-refractivity contribution in [1.82, 2.24) is 4.90 Å². The molecule has 31 heavy (non-hydrogen) atoms. The number of piperazine rings is 1. The van der Waals surface area contributed by atoms with Crippen LogP contribution >= 0.6 is 0 Å². The standard InChI is InChI=1S/C22H21N3O6/c1-15(26)23-8-10-24(11-9-23)19-7-6-17(13-20(19)25(28)29)22(27)30-14-18-12-16-4-2-3-5-21(16)31-18/h2-7,12-13H,8-11,14H2,1H3. The molecule has 160 valence electrons. The number of anilines is 1. The van der Waals surface area contributed by atoms with Crippen molar-refractivity contribution in [3.63, 3.8) is 0 Å². The Hall–Kier alpha value is -3.88. The van der Waals surface area contributed by atoms with Crippen molar-refractivity contribution in [1.29, 1.82) is 0 Å². The van der Waals surface area contributed by atoms with Gasteiger partial charge in [0.05, 0.1) is 10.5 Å². The van der Waals surface area contributed by atoms with Crippen LogP contribution in [0.3, 0.4) is 0 Å². The van der Waals surface area contributed by atoms with Gasteiger partial charge in [-0.1, -0.05) is 18.2 Å². The van der Waals surface area contributed by atoms with E-state index in [1.54, 1.807) is 17.0 Å². The fourth-order valence-electron chi connectivity index (χ4n) is 3.65. The molecule has 0 aliphatic carbocycles. The number of nitro benzene ring substituents is 1. The molecule has 9 heteroatoms. The summed E-state index contributed by atoms with van der Waals surface area (Å²) in [4.78, 5) is 38.6. The largest absolute Gasteiger partial charge is 0.457 e. The van der Waals surface area contributed by atoms with Gasteiger partial charge in [-0.2, -0.15) is 0 Å². The third kappa shape index (κ3) is 4.35. The van der Waals surface area contributed by atoms with Crippen LogP contribution in [0.25, 0.3) is 11.0 Å². The molecule has 1 aliphatic heterocycles. The van der Waals surface area contributed by atoms with Gasteiger partial charge in [-0.3, -0.25) is 14.9 Å². The summed E-state index contributed by atoms with van der Waals surface area (Å²) in [5.41, 5.74) is 1.03. The van der Waals surface area contributed by atoms with E-state index in [1.165, 1.54) is 19.1 Å². The van der Waals surface area contributed by atoms with Crippen molar-refractivity contribution in [3.05, 3.63) is 70.0 Å². The van der Waals surface area contributed by atoms with Crippen molar-refractivity contribution in [2.75, 3.05) is 31.1 Å². The van der Waals surface area contributed by atoms with Gasteiger partial charge in [0, 0.05) is 44.6 Å². The first-order valence-electron chi connectivity index (χ1n) is 9.86. The lowest BCUT2D eigenvalue weighted by Gasteiger charge is -2.35. The Bertz CT molecular complexity index is 1110. The number of hydrogen-bond donors (Lipinski definition) is 0. The number of amides is 1. The third-order valence-electron chi connectivity index (χ3n) is 5.30. The highest BCUT2D eigenvalue weighted by Gasteiger charge is 2.26. The van der Waals surface area contributed by atoms with Crippen molar-refractivity contribution in [3.8, 4) is 0 Å². The second kappa shape index (κ2) is 8.47. The first kappa shape index (κ1) is 20.4. The summed E-state index contributed by atoms with van der Waals surface area (Å²) in [7, 11) is 0. The Morgan fingerprint density at radius 1 is 1.10 bits per heavy atom. The molecule has 1 aromatic heterocycles. The van der Waals surface area contributed by atoms with Crippen molar-refractivity contribution < 1.29 is 23.7 Å². The van der Waals surface area contributed by atoms with Gasteiger partial charge in [0.25, 0.3) is 5.69 Å². The number of benzene rings is 2. The minimum atomic E-state index is -0.670. The lowest BCUT2D eigenvalue weighted by molar-refractivity contribution is -0.384. The van der Waals surface area contributed by atoms with E-state index < -0.39 is 10.9 Å². The number of carbonyl (C=O) groups excluding carboxylic acids is 2. The van der Waals surface area contributed by atoms with Gasteiger partial charge < -0.3 is 19.0 Å². The van der Waals surface area contributed by atoms with Gasteiger partial charge >= 0.3 is 5.97 Å². The minimum absolute atomic E-state index is 0.0169. The fraction of sp³-hybridized carbons (Fsp3) is 0.273. The van der Waals surface area contributed by atoms with Crippen LogP contribution in [0.1, 0.15) is 23.0 Å². The number of fused-ring (bicyclic) bond motifs is 1. The monoisotopic (exact) mass is 423 g/mol. The average Bonchev–Trinajstić information content (AvgIpc) is 3.20. The molecule has 9 nitrogen and oxygen atoms in total. The van der Waals surface area contributed by atoms with Gasteiger partial charge in [0.1, 0.15) is 23.6 Å². The number of nitro groups is 1. The predicted molar refractivity (Wildman–Crippen MR) is 113 cm³/mol. The van der Waals surface area contributed by atoms with Crippen LogP contribution in [0.4, 0.5) is 11.4 Å². The average molecular weight is 423 g/mol. The van der Waals surface area contributed by atoms with Gasteiger partial charge in [-0.25, -0.2) is 4.79 Å². The molecule has 0 spiro atoms. The number of furan rings is 1. The van der Waals surface area contributed by atoms with E-state index in [2.05, 4.69) is 0 Å². The molecule has 1 aliphatic rings. The molecule has 0 N–H and O–H groups in total. The molecule has 3 aromatic rings. The summed E-state index contributed by atoms with van der Waals surface area (Å²) in [6.07, 6.45) is 0. The zero-order chi connectivity index (χ0) is 22.0. The van der Waals surface area contributed by atoms with Gasteiger partial charge in [0.15, 0.2) is 0 Å². The zero-order valence-corrected chi connectivity index (χ0v) is 16.9. The molecule has 1 saturated heterocycles. The Morgan fingerprint density at radius 3 is 2.52 bits per heavy atom. The highest BCUT2D eigenvalue weighted by molar-refractivity contribution is 5.91. The molecule has 1 fully saturated rings. The van der Waals surface area contributed by atoms with E-state index in [-0.39, 0.29) is 23.8 Å². The lowest BCUT2D eigenvalue weighted by Crippen LogP contribution is -2.48. The highest BCUT2D eigenvalue weighted by Crippen LogP contribution is 2.30. The van der Waals surface area contributed by atoms with Crippen molar-refractivity contribution >= 4 is 34.2 Å². The molecular formula is C22H21N3O6. The van der Waals surface area contributed by atoms with E-state index in [1.807, 2.05) is 29.2 Å². The van der Waals surface area contributed by atoms with Crippen LogP contribution in [-0.4, -0.2) is 47.9 Å². The number of hydrogen-bond acceptors (Lipinski definition) is 7. The quantitative estimate of drug-likeness (QED) is 0.352. The molecule has 0 saturated carbocycles.